The molecule has 0 unspecified atom stereocenters. The summed E-state index contributed by atoms with van der Waals surface area (Å²) >= 11 is 0. The highest BCUT2D eigenvalue weighted by atomic mass is 32.2. The summed E-state index contributed by atoms with van der Waals surface area (Å²) in [6.45, 7) is 5.53. The second-order valence-electron chi connectivity index (χ2n) is 5.66. The van der Waals surface area contributed by atoms with E-state index in [0.717, 1.165) is 5.56 Å². The first kappa shape index (κ1) is 19.6. The fourth-order valence-corrected chi connectivity index (χ4v) is 3.83. The molecule has 0 fully saturated rings. The van der Waals surface area contributed by atoms with Crippen LogP contribution >= 0.6 is 0 Å². The number of nitro groups is 1. The predicted octanol–water partition coefficient (Wildman–Crippen LogP) is 3.29. The molecular weight excluding hydrogens is 356 g/mol. The largest absolute Gasteiger partial charge is 0.490 e. The van der Waals surface area contributed by atoms with Gasteiger partial charge in [0.05, 0.1) is 9.82 Å². The summed E-state index contributed by atoms with van der Waals surface area (Å²) in [5.41, 5.74) is 0.672. The van der Waals surface area contributed by atoms with Gasteiger partial charge in [0.2, 0.25) is 10.0 Å². The van der Waals surface area contributed by atoms with Crippen molar-refractivity contribution in [3.05, 3.63) is 76.4 Å². The van der Waals surface area contributed by atoms with Crippen molar-refractivity contribution in [2.24, 2.45) is 0 Å². The van der Waals surface area contributed by atoms with Crippen molar-refractivity contribution in [2.45, 2.75) is 18.4 Å². The first-order valence-corrected chi connectivity index (χ1v) is 9.24. The molecule has 0 aromatic heterocycles. The zero-order valence-electron chi connectivity index (χ0n) is 14.6. The van der Waals surface area contributed by atoms with Gasteiger partial charge in [0.15, 0.2) is 0 Å². The van der Waals surface area contributed by atoms with Gasteiger partial charge in [0.25, 0.3) is 5.69 Å². The van der Waals surface area contributed by atoms with Crippen molar-refractivity contribution in [3.8, 4) is 5.75 Å². The number of nitro benzene ring substituents is 1. The normalized spacial score (nSPS) is 11.3. The average Bonchev–Trinajstić information content (AvgIpc) is 2.60. The number of sulfonamides is 1. The maximum absolute atomic E-state index is 12.8. The summed E-state index contributed by atoms with van der Waals surface area (Å²) in [6.07, 6.45) is 1.63. The van der Waals surface area contributed by atoms with Crippen LogP contribution in [0.15, 0.2) is 60.0 Å². The fraction of sp³-hybridized carbons (Fsp3) is 0.222. The van der Waals surface area contributed by atoms with E-state index in [2.05, 4.69) is 6.58 Å². The molecule has 0 aliphatic carbocycles. The second kappa shape index (κ2) is 8.11. The molecule has 2 aromatic rings. The molecule has 2 aromatic carbocycles. The minimum Gasteiger partial charge on any atom is -0.490 e. The Morgan fingerprint density at radius 3 is 2.46 bits per heavy atom. The summed E-state index contributed by atoms with van der Waals surface area (Å²) in [5.74, 6) is 0.661. The van der Waals surface area contributed by atoms with Gasteiger partial charge in [0, 0.05) is 25.2 Å². The van der Waals surface area contributed by atoms with E-state index in [9.17, 15) is 18.5 Å². The van der Waals surface area contributed by atoms with Crippen LogP contribution in [-0.2, 0) is 16.6 Å². The molecule has 0 saturated carbocycles. The molecule has 8 heteroatoms. The summed E-state index contributed by atoms with van der Waals surface area (Å²) in [5, 5.41) is 11.0. The Kier molecular flexibility index (Phi) is 6.12. The Labute approximate surface area is 152 Å². The molecule has 26 heavy (non-hydrogen) atoms. The molecule has 0 amide bonds. The van der Waals surface area contributed by atoms with Crippen LogP contribution in [0.2, 0.25) is 0 Å². The minimum atomic E-state index is -3.86. The molecule has 7 nitrogen and oxygen atoms in total. The van der Waals surface area contributed by atoms with Gasteiger partial charge in [0.1, 0.15) is 12.4 Å². The lowest BCUT2D eigenvalue weighted by Crippen LogP contribution is -2.27. The molecule has 0 heterocycles. The summed E-state index contributed by atoms with van der Waals surface area (Å²) in [4.78, 5) is 10.4. The molecule has 0 N–H and O–H groups in total. The van der Waals surface area contributed by atoms with E-state index in [1.54, 1.807) is 30.3 Å². The van der Waals surface area contributed by atoms with E-state index in [-0.39, 0.29) is 22.7 Å². The molecular formula is C18H20N2O5S. The molecule has 0 atom stereocenters. The van der Waals surface area contributed by atoms with Crippen LogP contribution in [0.1, 0.15) is 11.1 Å². The van der Waals surface area contributed by atoms with Gasteiger partial charge in [-0.25, -0.2) is 8.42 Å². The molecule has 138 valence electrons. The topological polar surface area (TPSA) is 89.8 Å². The number of hydrogen-bond donors (Lipinski definition) is 0. The predicted molar refractivity (Wildman–Crippen MR) is 98.6 cm³/mol. The van der Waals surface area contributed by atoms with Crippen LogP contribution in [0.25, 0.3) is 0 Å². The molecule has 0 aliphatic heterocycles. The smallest absolute Gasteiger partial charge is 0.273 e. The SMILES string of the molecule is C=CCOc1ccc(CN(C)S(=O)(=O)c2cccc([N+](=O)[O-])c2C)cc1. The van der Waals surface area contributed by atoms with Gasteiger partial charge >= 0.3 is 0 Å². The zero-order valence-corrected chi connectivity index (χ0v) is 15.4. The highest BCUT2D eigenvalue weighted by Gasteiger charge is 2.26. The quantitative estimate of drug-likeness (QED) is 0.401. The minimum absolute atomic E-state index is 0.0693. The van der Waals surface area contributed by atoms with E-state index in [1.165, 1.54) is 36.5 Å². The number of ether oxygens (including phenoxy) is 1. The summed E-state index contributed by atoms with van der Waals surface area (Å²) < 4.78 is 32.2. The first-order valence-electron chi connectivity index (χ1n) is 7.80. The number of rotatable bonds is 8. The number of nitrogens with zero attached hydrogens (tertiary/aromatic N) is 2. The van der Waals surface area contributed by atoms with E-state index in [0.29, 0.717) is 12.4 Å². The molecule has 0 radical (unpaired) electrons. The third kappa shape index (κ3) is 4.27. The van der Waals surface area contributed by atoms with Gasteiger partial charge in [-0.2, -0.15) is 4.31 Å². The zero-order chi connectivity index (χ0) is 19.3. The van der Waals surface area contributed by atoms with Crippen molar-refractivity contribution in [1.82, 2.24) is 4.31 Å². The maximum Gasteiger partial charge on any atom is 0.273 e. The van der Waals surface area contributed by atoms with Crippen LogP contribution in [0, 0.1) is 17.0 Å². The second-order valence-corrected chi connectivity index (χ2v) is 7.68. The Bertz CT molecular complexity index is 908. The van der Waals surface area contributed by atoms with E-state index in [1.807, 2.05) is 0 Å². The van der Waals surface area contributed by atoms with Crippen molar-refractivity contribution in [2.75, 3.05) is 13.7 Å². The van der Waals surface area contributed by atoms with E-state index in [4.69, 9.17) is 4.74 Å². The van der Waals surface area contributed by atoms with Crippen molar-refractivity contribution in [1.29, 1.82) is 0 Å². The first-order chi connectivity index (χ1) is 12.3. The Morgan fingerprint density at radius 2 is 1.88 bits per heavy atom. The lowest BCUT2D eigenvalue weighted by atomic mass is 10.2. The monoisotopic (exact) mass is 376 g/mol. The van der Waals surface area contributed by atoms with Gasteiger partial charge in [-0.3, -0.25) is 10.1 Å². The average molecular weight is 376 g/mol. The molecule has 0 aliphatic rings. The summed E-state index contributed by atoms with van der Waals surface area (Å²) in [7, 11) is -2.42. The third-order valence-electron chi connectivity index (χ3n) is 3.84. The van der Waals surface area contributed by atoms with Gasteiger partial charge in [-0.05, 0) is 30.7 Å². The molecule has 0 spiro atoms. The van der Waals surface area contributed by atoms with E-state index < -0.39 is 14.9 Å². The lowest BCUT2D eigenvalue weighted by Gasteiger charge is -2.18. The van der Waals surface area contributed by atoms with E-state index >= 15 is 0 Å². The van der Waals surface area contributed by atoms with Crippen LogP contribution in [0.3, 0.4) is 0 Å². The highest BCUT2D eigenvalue weighted by Crippen LogP contribution is 2.27. The lowest BCUT2D eigenvalue weighted by molar-refractivity contribution is -0.385. The maximum atomic E-state index is 12.8. The van der Waals surface area contributed by atoms with Gasteiger partial charge < -0.3 is 4.74 Å². The van der Waals surface area contributed by atoms with Crippen LogP contribution in [-0.4, -0.2) is 31.3 Å². The number of hydrogen-bond acceptors (Lipinski definition) is 5. The molecule has 2 rings (SSSR count). The number of benzene rings is 2. The van der Waals surface area contributed by atoms with Crippen LogP contribution in [0.5, 0.6) is 5.75 Å². The van der Waals surface area contributed by atoms with Crippen molar-refractivity contribution in [3.63, 3.8) is 0 Å². The van der Waals surface area contributed by atoms with Crippen molar-refractivity contribution >= 4 is 15.7 Å². The molecule has 0 bridgehead atoms. The van der Waals surface area contributed by atoms with Crippen LogP contribution < -0.4 is 4.74 Å². The van der Waals surface area contributed by atoms with Gasteiger partial charge in [-0.1, -0.05) is 30.9 Å². The summed E-state index contributed by atoms with van der Waals surface area (Å²) in [6, 6.07) is 11.1. The Balaban J connectivity index is 2.23. The fourth-order valence-electron chi connectivity index (χ4n) is 2.44. The highest BCUT2D eigenvalue weighted by molar-refractivity contribution is 7.89. The standard InChI is InChI=1S/C18H20N2O5S/c1-4-12-25-16-10-8-15(9-11-16)13-19(3)26(23,24)18-7-5-6-17(14(18)2)20(21)22/h4-11H,1,12-13H2,2-3H3. The van der Waals surface area contributed by atoms with Gasteiger partial charge in [-0.15, -0.1) is 0 Å². The molecule has 0 saturated heterocycles. The Morgan fingerprint density at radius 1 is 1.23 bits per heavy atom. The Hall–Kier alpha value is -2.71. The third-order valence-corrected chi connectivity index (χ3v) is 5.78. The van der Waals surface area contributed by atoms with Crippen LogP contribution in [0.4, 0.5) is 5.69 Å². The van der Waals surface area contributed by atoms with Crippen molar-refractivity contribution < 1.29 is 18.1 Å².